The smallest absolute Gasteiger partial charge is 0.360 e. The number of rotatable bonds is 4. The van der Waals surface area contributed by atoms with Crippen LogP contribution < -0.4 is 0 Å². The molecule has 0 amide bonds. The Kier molecular flexibility index (Phi) is 6.67. The Morgan fingerprint density at radius 1 is 0.867 bits per heavy atom. The summed E-state index contributed by atoms with van der Waals surface area (Å²) in [6.07, 6.45) is 4.25. The molecule has 0 aliphatic rings. The molecule has 0 spiro atoms. The van der Waals surface area contributed by atoms with Crippen molar-refractivity contribution in [2.75, 3.05) is 0 Å². The minimum Gasteiger partial charge on any atom is -0.360 e. The van der Waals surface area contributed by atoms with Gasteiger partial charge in [0, 0.05) is 17.8 Å². The van der Waals surface area contributed by atoms with E-state index in [1.807, 2.05) is 41.2 Å². The van der Waals surface area contributed by atoms with Crippen molar-refractivity contribution < 1.29 is 21.1 Å². The third-order valence-electron chi connectivity index (χ3n) is 5.79. The molecule has 0 unspecified atom stereocenters. The van der Waals surface area contributed by atoms with Crippen LogP contribution in [0.15, 0.2) is 42.7 Å². The summed E-state index contributed by atoms with van der Waals surface area (Å²) in [5.41, 5.74) is 10.9. The first-order valence-electron chi connectivity index (χ1n) is 9.78. The van der Waals surface area contributed by atoms with E-state index in [0.29, 0.717) is 6.42 Å². The van der Waals surface area contributed by atoms with Crippen molar-refractivity contribution in [3.8, 4) is 16.9 Å². The quantitative estimate of drug-likeness (QED) is 0.320. The van der Waals surface area contributed by atoms with E-state index in [9.17, 15) is 0 Å². The van der Waals surface area contributed by atoms with Crippen LogP contribution in [0.4, 0.5) is 0 Å². The predicted molar refractivity (Wildman–Crippen MR) is 115 cm³/mol. The average Bonchev–Trinajstić information content (AvgIpc) is 3.04. The second kappa shape index (κ2) is 9.05. The van der Waals surface area contributed by atoms with Crippen LogP contribution >= 0.6 is 0 Å². The van der Waals surface area contributed by atoms with Crippen molar-refractivity contribution >= 4 is 0 Å². The normalized spacial score (nSPS) is 10.7. The van der Waals surface area contributed by atoms with Crippen LogP contribution in [0.25, 0.3) is 16.9 Å². The number of aromatic nitrogens is 4. The van der Waals surface area contributed by atoms with Crippen molar-refractivity contribution in [3.63, 3.8) is 0 Å². The molecule has 0 aliphatic heterocycles. The average molecular weight is 576 g/mol. The maximum Gasteiger partial charge on any atom is 2.00 e. The Morgan fingerprint density at radius 3 is 2.33 bits per heavy atom. The zero-order valence-electron chi connectivity index (χ0n) is 17.9. The SMILES string of the molecule is Cc1c(Cc2nn(-c3[c-]cccc3)c(C)c2C)nc(-c2[c-]ccnc2)c(C)c1C.[Pt+2]. The van der Waals surface area contributed by atoms with Gasteiger partial charge in [-0.25, -0.2) is 0 Å². The van der Waals surface area contributed by atoms with Crippen molar-refractivity contribution in [3.05, 3.63) is 94.2 Å². The van der Waals surface area contributed by atoms with Gasteiger partial charge in [0.05, 0.1) is 5.69 Å². The summed E-state index contributed by atoms with van der Waals surface area (Å²) < 4.78 is 1.97. The summed E-state index contributed by atoms with van der Waals surface area (Å²) in [6.45, 7) is 10.6. The first-order valence-corrected chi connectivity index (χ1v) is 9.78. The van der Waals surface area contributed by atoms with Crippen LogP contribution in [0, 0.1) is 46.8 Å². The topological polar surface area (TPSA) is 43.6 Å². The van der Waals surface area contributed by atoms with Crippen LogP contribution in [-0.4, -0.2) is 19.7 Å². The summed E-state index contributed by atoms with van der Waals surface area (Å²) in [7, 11) is 0. The van der Waals surface area contributed by atoms with E-state index in [1.165, 1.54) is 22.3 Å². The van der Waals surface area contributed by atoms with E-state index in [0.717, 1.165) is 34.0 Å². The molecule has 1 aromatic carbocycles. The molecular formula is C25H24N4Pt. The third kappa shape index (κ3) is 4.02. The Hall–Kier alpha value is -2.58. The van der Waals surface area contributed by atoms with Gasteiger partial charge >= 0.3 is 21.1 Å². The first kappa shape index (κ1) is 22.1. The molecule has 0 radical (unpaired) electrons. The third-order valence-corrected chi connectivity index (χ3v) is 5.79. The van der Waals surface area contributed by atoms with Gasteiger partial charge in [-0.2, -0.15) is 29.4 Å². The fraction of sp³-hybridized carbons (Fsp3) is 0.240. The second-order valence-electron chi connectivity index (χ2n) is 7.43. The minimum atomic E-state index is 0. The van der Waals surface area contributed by atoms with Gasteiger partial charge in [0.25, 0.3) is 0 Å². The fourth-order valence-electron chi connectivity index (χ4n) is 3.58. The molecule has 0 fully saturated rings. The van der Waals surface area contributed by atoms with Gasteiger partial charge in [-0.1, -0.05) is 23.5 Å². The van der Waals surface area contributed by atoms with E-state index in [2.05, 4.69) is 51.7 Å². The standard InChI is InChI=1S/C25H24N4.Pt/c1-16-17(2)23(27-25(18(16)3)21-10-9-13-26-15-21)14-24-19(4)20(5)29(28-24)22-11-7-6-8-12-22;/h6-9,11,13,15H,14H2,1-5H3;/q-2;+2. The molecule has 0 N–H and O–H groups in total. The molecule has 0 atom stereocenters. The molecular weight excluding hydrogens is 551 g/mol. The maximum absolute atomic E-state index is 5.02. The molecule has 3 heterocycles. The maximum atomic E-state index is 5.02. The second-order valence-corrected chi connectivity index (χ2v) is 7.43. The molecule has 30 heavy (non-hydrogen) atoms. The Balaban J connectivity index is 0.00000256. The Labute approximate surface area is 192 Å². The molecule has 0 bridgehead atoms. The van der Waals surface area contributed by atoms with E-state index in [1.54, 1.807) is 6.20 Å². The van der Waals surface area contributed by atoms with Gasteiger partial charge < -0.3 is 9.97 Å². The zero-order valence-corrected chi connectivity index (χ0v) is 20.1. The van der Waals surface area contributed by atoms with Gasteiger partial charge in [-0.15, -0.1) is 23.8 Å². The van der Waals surface area contributed by atoms with Crippen LogP contribution in [0.2, 0.25) is 0 Å². The number of benzene rings is 1. The van der Waals surface area contributed by atoms with Gasteiger partial charge in [-0.3, -0.25) is 4.68 Å². The molecule has 4 rings (SSSR count). The monoisotopic (exact) mass is 575 g/mol. The summed E-state index contributed by atoms with van der Waals surface area (Å²) in [5.74, 6) is 0. The van der Waals surface area contributed by atoms with Crippen molar-refractivity contribution in [2.24, 2.45) is 0 Å². The summed E-state index contributed by atoms with van der Waals surface area (Å²) in [4.78, 5) is 9.26. The van der Waals surface area contributed by atoms with E-state index in [-0.39, 0.29) is 21.1 Å². The number of para-hydroxylation sites is 1. The number of nitrogens with zero attached hydrogens (tertiary/aromatic N) is 4. The molecule has 5 heteroatoms. The van der Waals surface area contributed by atoms with Gasteiger partial charge in [0.2, 0.25) is 0 Å². The van der Waals surface area contributed by atoms with Crippen molar-refractivity contribution in [1.82, 2.24) is 19.7 Å². The molecule has 0 saturated carbocycles. The summed E-state index contributed by atoms with van der Waals surface area (Å²) in [6, 6.07) is 16.3. The van der Waals surface area contributed by atoms with Crippen LogP contribution in [0.1, 0.15) is 39.3 Å². The van der Waals surface area contributed by atoms with E-state index >= 15 is 0 Å². The molecule has 3 aromatic heterocycles. The van der Waals surface area contributed by atoms with Crippen LogP contribution in [-0.2, 0) is 27.5 Å². The first-order chi connectivity index (χ1) is 14.0. The van der Waals surface area contributed by atoms with Gasteiger partial charge in [-0.05, 0) is 57.1 Å². The van der Waals surface area contributed by atoms with E-state index < -0.39 is 0 Å². The van der Waals surface area contributed by atoms with Crippen molar-refractivity contribution in [1.29, 1.82) is 0 Å². The number of pyridine rings is 2. The Morgan fingerprint density at radius 2 is 1.67 bits per heavy atom. The Bertz CT molecular complexity index is 1170. The van der Waals surface area contributed by atoms with Gasteiger partial charge in [0.15, 0.2) is 0 Å². The van der Waals surface area contributed by atoms with E-state index in [4.69, 9.17) is 10.1 Å². The molecule has 0 aliphatic carbocycles. The molecule has 0 saturated heterocycles. The molecule has 4 aromatic rings. The summed E-state index contributed by atoms with van der Waals surface area (Å²) in [5, 5.41) is 4.90. The van der Waals surface area contributed by atoms with Crippen LogP contribution in [0.5, 0.6) is 0 Å². The zero-order chi connectivity index (χ0) is 20.5. The van der Waals surface area contributed by atoms with Crippen LogP contribution in [0.3, 0.4) is 0 Å². The fourth-order valence-corrected chi connectivity index (χ4v) is 3.58. The molecule has 154 valence electrons. The predicted octanol–water partition coefficient (Wildman–Crippen LogP) is 5.06. The largest absolute Gasteiger partial charge is 2.00 e. The van der Waals surface area contributed by atoms with Gasteiger partial charge in [0.1, 0.15) is 0 Å². The minimum absolute atomic E-state index is 0. The number of hydrogen-bond donors (Lipinski definition) is 0. The van der Waals surface area contributed by atoms with Crippen molar-refractivity contribution in [2.45, 2.75) is 41.0 Å². The molecule has 4 nitrogen and oxygen atoms in total. The summed E-state index contributed by atoms with van der Waals surface area (Å²) >= 11 is 0. The number of hydrogen-bond acceptors (Lipinski definition) is 3.